The minimum absolute atomic E-state index is 0.470. The van der Waals surface area contributed by atoms with E-state index in [1.165, 1.54) is 5.56 Å². The van der Waals surface area contributed by atoms with E-state index in [0.717, 1.165) is 35.9 Å². The van der Waals surface area contributed by atoms with Crippen LogP contribution in [0.2, 0.25) is 10.0 Å². The highest BCUT2D eigenvalue weighted by Gasteiger charge is 2.23. The first-order chi connectivity index (χ1) is 8.59. The van der Waals surface area contributed by atoms with Crippen molar-refractivity contribution in [1.29, 1.82) is 0 Å². The molecule has 0 radical (unpaired) electrons. The third kappa shape index (κ3) is 1.71. The van der Waals surface area contributed by atoms with Gasteiger partial charge in [0.25, 0.3) is 0 Å². The summed E-state index contributed by atoms with van der Waals surface area (Å²) in [5.41, 5.74) is 3.80. The topological polar surface area (TPSA) is 33.1 Å². The first-order valence-electron chi connectivity index (χ1n) is 6.04. The molecule has 0 saturated carbocycles. The van der Waals surface area contributed by atoms with Crippen LogP contribution in [0.3, 0.4) is 0 Å². The van der Waals surface area contributed by atoms with E-state index in [1.54, 1.807) is 6.07 Å². The highest BCUT2D eigenvalue weighted by Crippen LogP contribution is 2.37. The average Bonchev–Trinajstić information content (AvgIpc) is 2.36. The third-order valence-corrected chi connectivity index (χ3v) is 4.48. The number of benzene rings is 1. The number of aryl methyl sites for hydroxylation is 1. The van der Waals surface area contributed by atoms with Gasteiger partial charge in [-0.05, 0) is 43.4 Å². The fraction of sp³-hybridized carbons (Fsp3) is 0.357. The van der Waals surface area contributed by atoms with Gasteiger partial charge in [-0.2, -0.15) is 0 Å². The number of nitrogens with zero attached hydrogens (tertiary/aromatic N) is 1. The van der Waals surface area contributed by atoms with Crippen molar-refractivity contribution in [3.63, 3.8) is 0 Å². The van der Waals surface area contributed by atoms with Crippen LogP contribution < -0.4 is 0 Å². The van der Waals surface area contributed by atoms with E-state index < -0.39 is 6.10 Å². The predicted octanol–water partition coefficient (Wildman–Crippen LogP) is 4.22. The number of fused-ring (bicyclic) bond motifs is 2. The number of hydrogen-bond acceptors (Lipinski definition) is 2. The highest BCUT2D eigenvalue weighted by molar-refractivity contribution is 6.45. The summed E-state index contributed by atoms with van der Waals surface area (Å²) >= 11 is 12.2. The maximum atomic E-state index is 10.1. The van der Waals surface area contributed by atoms with Gasteiger partial charge in [0.05, 0.1) is 27.4 Å². The van der Waals surface area contributed by atoms with E-state index in [1.807, 2.05) is 6.07 Å². The molecule has 0 amide bonds. The van der Waals surface area contributed by atoms with Gasteiger partial charge in [0.15, 0.2) is 0 Å². The zero-order valence-corrected chi connectivity index (χ0v) is 11.5. The maximum Gasteiger partial charge on any atom is 0.0963 e. The average molecular weight is 282 g/mol. The van der Waals surface area contributed by atoms with E-state index in [9.17, 15) is 5.11 Å². The molecular formula is C14H13Cl2NO. The fourth-order valence-corrected chi connectivity index (χ4v) is 3.05. The number of rotatable bonds is 0. The van der Waals surface area contributed by atoms with Gasteiger partial charge in [-0.3, -0.25) is 0 Å². The predicted molar refractivity (Wildman–Crippen MR) is 74.4 cm³/mol. The fourth-order valence-electron chi connectivity index (χ4n) is 2.69. The monoisotopic (exact) mass is 281 g/mol. The van der Waals surface area contributed by atoms with Crippen molar-refractivity contribution < 1.29 is 5.11 Å². The van der Waals surface area contributed by atoms with Crippen LogP contribution in [-0.4, -0.2) is 10.1 Å². The lowest BCUT2D eigenvalue weighted by molar-refractivity contribution is 0.152. The molecule has 2 nitrogen and oxygen atoms in total. The normalized spacial score (nSPS) is 19.0. The maximum absolute atomic E-state index is 10.1. The molecule has 1 aromatic carbocycles. The van der Waals surface area contributed by atoms with E-state index in [2.05, 4.69) is 11.9 Å². The van der Waals surface area contributed by atoms with E-state index >= 15 is 0 Å². The van der Waals surface area contributed by atoms with Gasteiger partial charge in [0, 0.05) is 5.39 Å². The van der Waals surface area contributed by atoms with Crippen molar-refractivity contribution in [2.75, 3.05) is 0 Å². The van der Waals surface area contributed by atoms with Crippen LogP contribution in [0.1, 0.15) is 35.8 Å². The standard InChI is InChI=1S/C14H13Cl2NO/c1-7-8-3-2-4-11(18)13(8)17-14-9(7)5-6-10(15)12(14)16/h5-6,11,18H,2-4H2,1H3. The summed E-state index contributed by atoms with van der Waals surface area (Å²) in [6.45, 7) is 2.06. The molecule has 1 N–H and O–H groups in total. The molecule has 0 fully saturated rings. The summed E-state index contributed by atoms with van der Waals surface area (Å²) in [5, 5.41) is 12.1. The number of aliphatic hydroxyl groups excluding tert-OH is 1. The van der Waals surface area contributed by atoms with Gasteiger partial charge < -0.3 is 5.11 Å². The smallest absolute Gasteiger partial charge is 0.0963 e. The molecule has 1 aliphatic rings. The van der Waals surface area contributed by atoms with Gasteiger partial charge in [0.2, 0.25) is 0 Å². The molecule has 2 aromatic rings. The molecule has 0 spiro atoms. The first-order valence-corrected chi connectivity index (χ1v) is 6.80. The van der Waals surface area contributed by atoms with Crippen LogP contribution in [0.25, 0.3) is 10.9 Å². The van der Waals surface area contributed by atoms with E-state index in [4.69, 9.17) is 23.2 Å². The summed E-state index contributed by atoms with van der Waals surface area (Å²) in [7, 11) is 0. The highest BCUT2D eigenvalue weighted by atomic mass is 35.5. The Morgan fingerprint density at radius 1 is 1.33 bits per heavy atom. The lowest BCUT2D eigenvalue weighted by Crippen LogP contribution is -2.13. The van der Waals surface area contributed by atoms with Crippen LogP contribution in [0.5, 0.6) is 0 Å². The number of hydrogen-bond donors (Lipinski definition) is 1. The molecule has 4 heteroatoms. The minimum Gasteiger partial charge on any atom is -0.387 e. The van der Waals surface area contributed by atoms with Crippen molar-refractivity contribution >= 4 is 34.1 Å². The SMILES string of the molecule is Cc1c2c(nc3c(Cl)c(Cl)ccc13)C(O)CCC2. The first kappa shape index (κ1) is 12.2. The largest absolute Gasteiger partial charge is 0.387 e. The molecule has 1 aliphatic carbocycles. The second-order valence-electron chi connectivity index (χ2n) is 4.77. The molecule has 1 aromatic heterocycles. The summed E-state index contributed by atoms with van der Waals surface area (Å²) in [5.74, 6) is 0. The zero-order chi connectivity index (χ0) is 12.9. The van der Waals surface area contributed by atoms with Gasteiger partial charge in [0.1, 0.15) is 0 Å². The number of halogens is 2. The lowest BCUT2D eigenvalue weighted by atomic mass is 9.89. The second-order valence-corrected chi connectivity index (χ2v) is 5.55. The van der Waals surface area contributed by atoms with Gasteiger partial charge >= 0.3 is 0 Å². The Labute approximate surface area is 116 Å². The summed E-state index contributed by atoms with van der Waals surface area (Å²) < 4.78 is 0. The Balaban J connectivity index is 2.40. The van der Waals surface area contributed by atoms with E-state index in [0.29, 0.717) is 15.6 Å². The Morgan fingerprint density at radius 2 is 2.11 bits per heavy atom. The van der Waals surface area contributed by atoms with Crippen molar-refractivity contribution in [2.24, 2.45) is 0 Å². The molecule has 94 valence electrons. The summed E-state index contributed by atoms with van der Waals surface area (Å²) in [4.78, 5) is 4.55. The lowest BCUT2D eigenvalue weighted by Gasteiger charge is -2.23. The molecule has 1 heterocycles. The molecule has 0 bridgehead atoms. The van der Waals surface area contributed by atoms with Gasteiger partial charge in [-0.1, -0.05) is 29.3 Å². The number of aliphatic hydroxyl groups is 1. The van der Waals surface area contributed by atoms with E-state index in [-0.39, 0.29) is 0 Å². The van der Waals surface area contributed by atoms with Crippen molar-refractivity contribution in [3.05, 3.63) is 39.0 Å². The van der Waals surface area contributed by atoms with Crippen LogP contribution in [-0.2, 0) is 6.42 Å². The molecular weight excluding hydrogens is 269 g/mol. The minimum atomic E-state index is -0.480. The van der Waals surface area contributed by atoms with Crippen LogP contribution in [0.4, 0.5) is 0 Å². The van der Waals surface area contributed by atoms with Crippen molar-refractivity contribution in [2.45, 2.75) is 32.3 Å². The van der Waals surface area contributed by atoms with Crippen molar-refractivity contribution in [1.82, 2.24) is 4.98 Å². The Bertz CT molecular complexity index is 639. The van der Waals surface area contributed by atoms with Crippen LogP contribution in [0, 0.1) is 6.92 Å². The van der Waals surface area contributed by atoms with Crippen LogP contribution >= 0.6 is 23.2 Å². The molecule has 0 aliphatic heterocycles. The number of aromatic nitrogens is 1. The molecule has 18 heavy (non-hydrogen) atoms. The number of pyridine rings is 1. The summed E-state index contributed by atoms with van der Waals surface area (Å²) in [6.07, 6.45) is 2.26. The molecule has 1 unspecified atom stereocenters. The Hall–Kier alpha value is -0.830. The third-order valence-electron chi connectivity index (χ3n) is 3.69. The molecule has 3 rings (SSSR count). The quantitative estimate of drug-likeness (QED) is 0.784. The van der Waals surface area contributed by atoms with Crippen molar-refractivity contribution in [3.8, 4) is 0 Å². The molecule has 1 atom stereocenters. The zero-order valence-electron chi connectivity index (χ0n) is 10.0. The summed E-state index contributed by atoms with van der Waals surface area (Å²) in [6, 6.07) is 3.75. The van der Waals surface area contributed by atoms with Gasteiger partial charge in [-0.25, -0.2) is 4.98 Å². The molecule has 0 saturated heterocycles. The van der Waals surface area contributed by atoms with Gasteiger partial charge in [-0.15, -0.1) is 0 Å². The Morgan fingerprint density at radius 3 is 2.89 bits per heavy atom. The Kier molecular flexibility index (Phi) is 2.97. The van der Waals surface area contributed by atoms with Crippen LogP contribution in [0.15, 0.2) is 12.1 Å². The second kappa shape index (κ2) is 4.37.